The molecule has 0 aliphatic carbocycles. The quantitative estimate of drug-likeness (QED) is 0.834. The topological polar surface area (TPSA) is 67.4 Å². The second-order valence-corrected chi connectivity index (χ2v) is 4.70. The molecule has 0 saturated carbocycles. The lowest BCUT2D eigenvalue weighted by Gasteiger charge is -2.13. The number of anilines is 1. The maximum atomic E-state index is 12.1. The van der Waals surface area contributed by atoms with Crippen molar-refractivity contribution in [1.82, 2.24) is 5.32 Å². The van der Waals surface area contributed by atoms with E-state index in [2.05, 4.69) is 15.4 Å². The molecule has 1 heterocycles. The average Bonchev–Trinajstić information content (AvgIpc) is 2.94. The van der Waals surface area contributed by atoms with Gasteiger partial charge in [0.2, 0.25) is 5.91 Å². The Morgan fingerprint density at radius 3 is 2.75 bits per heavy atom. The van der Waals surface area contributed by atoms with Crippen molar-refractivity contribution < 1.29 is 14.3 Å². The molecule has 1 fully saturated rings. The summed E-state index contributed by atoms with van der Waals surface area (Å²) in [4.78, 5) is 23.5. The van der Waals surface area contributed by atoms with Crippen molar-refractivity contribution >= 4 is 30.0 Å². The molecule has 6 heteroatoms. The maximum Gasteiger partial charge on any atom is 0.337 e. The Balaban J connectivity index is 0.00000200. The number of benzene rings is 1. The molecule has 110 valence electrons. The summed E-state index contributed by atoms with van der Waals surface area (Å²) in [6.07, 6.45) is 0.849. The van der Waals surface area contributed by atoms with E-state index in [4.69, 9.17) is 0 Å². The number of rotatable bonds is 3. The first-order valence-corrected chi connectivity index (χ1v) is 6.32. The largest absolute Gasteiger partial charge is 0.465 e. The van der Waals surface area contributed by atoms with Gasteiger partial charge < -0.3 is 15.4 Å². The monoisotopic (exact) mass is 298 g/mol. The van der Waals surface area contributed by atoms with Crippen molar-refractivity contribution in [3.05, 3.63) is 29.3 Å². The molecule has 0 bridgehead atoms. The third-order valence-corrected chi connectivity index (χ3v) is 3.35. The summed E-state index contributed by atoms with van der Waals surface area (Å²) >= 11 is 0. The van der Waals surface area contributed by atoms with Gasteiger partial charge in [0.1, 0.15) is 0 Å². The molecule has 1 atom stereocenters. The van der Waals surface area contributed by atoms with Gasteiger partial charge in [-0.15, -0.1) is 12.4 Å². The lowest BCUT2D eigenvalue weighted by Crippen LogP contribution is -2.25. The predicted octanol–water partition coefficient (Wildman–Crippen LogP) is 1.75. The molecular formula is C14H19ClN2O3. The van der Waals surface area contributed by atoms with E-state index in [1.165, 1.54) is 7.11 Å². The molecular weight excluding hydrogens is 280 g/mol. The van der Waals surface area contributed by atoms with Crippen LogP contribution in [0.5, 0.6) is 0 Å². The minimum absolute atomic E-state index is 0. The second kappa shape index (κ2) is 7.26. The van der Waals surface area contributed by atoms with Gasteiger partial charge in [0.15, 0.2) is 0 Å². The number of hydrogen-bond acceptors (Lipinski definition) is 4. The summed E-state index contributed by atoms with van der Waals surface area (Å²) in [5.41, 5.74) is 2.03. The Morgan fingerprint density at radius 2 is 2.15 bits per heavy atom. The molecule has 1 aliphatic heterocycles. The Bertz CT molecular complexity index is 499. The van der Waals surface area contributed by atoms with Crippen LogP contribution in [0.4, 0.5) is 5.69 Å². The normalized spacial score (nSPS) is 17.2. The highest BCUT2D eigenvalue weighted by molar-refractivity contribution is 5.96. The fourth-order valence-electron chi connectivity index (χ4n) is 2.11. The van der Waals surface area contributed by atoms with Crippen LogP contribution in [0.25, 0.3) is 0 Å². The summed E-state index contributed by atoms with van der Waals surface area (Å²) in [7, 11) is 1.34. The fraction of sp³-hybridized carbons (Fsp3) is 0.429. The standard InChI is InChI=1S/C14H18N2O3.ClH/c1-9-3-4-10(14(18)19-2)7-12(9)16-13(17)11-5-6-15-8-11;/h3-4,7,11,15H,5-6,8H2,1-2H3,(H,16,17);1H. The first kappa shape index (κ1) is 16.5. The van der Waals surface area contributed by atoms with Crippen LogP contribution < -0.4 is 10.6 Å². The van der Waals surface area contributed by atoms with Gasteiger partial charge in [-0.05, 0) is 37.6 Å². The van der Waals surface area contributed by atoms with E-state index in [1.807, 2.05) is 6.92 Å². The summed E-state index contributed by atoms with van der Waals surface area (Å²) in [6, 6.07) is 5.14. The number of aryl methyl sites for hydroxylation is 1. The van der Waals surface area contributed by atoms with Crippen LogP contribution in [0, 0.1) is 12.8 Å². The Morgan fingerprint density at radius 1 is 1.40 bits per heavy atom. The average molecular weight is 299 g/mol. The van der Waals surface area contributed by atoms with Crippen LogP contribution in [0.1, 0.15) is 22.3 Å². The van der Waals surface area contributed by atoms with Gasteiger partial charge in [0.25, 0.3) is 0 Å². The lowest BCUT2D eigenvalue weighted by atomic mass is 10.1. The molecule has 1 saturated heterocycles. The summed E-state index contributed by atoms with van der Waals surface area (Å²) in [5, 5.41) is 6.04. The second-order valence-electron chi connectivity index (χ2n) is 4.70. The van der Waals surface area contributed by atoms with Crippen molar-refractivity contribution in [2.24, 2.45) is 5.92 Å². The first-order chi connectivity index (χ1) is 9.11. The smallest absolute Gasteiger partial charge is 0.337 e. The Labute approximate surface area is 124 Å². The fourth-order valence-corrected chi connectivity index (χ4v) is 2.11. The van der Waals surface area contributed by atoms with Gasteiger partial charge >= 0.3 is 5.97 Å². The third-order valence-electron chi connectivity index (χ3n) is 3.35. The molecule has 0 spiro atoms. The number of nitrogens with one attached hydrogen (secondary N) is 2. The number of amides is 1. The van der Waals surface area contributed by atoms with Gasteiger partial charge in [-0.3, -0.25) is 4.79 Å². The van der Waals surface area contributed by atoms with Crippen molar-refractivity contribution in [1.29, 1.82) is 0 Å². The van der Waals surface area contributed by atoms with E-state index in [9.17, 15) is 9.59 Å². The minimum Gasteiger partial charge on any atom is -0.465 e. The first-order valence-electron chi connectivity index (χ1n) is 6.32. The molecule has 1 amide bonds. The highest BCUT2D eigenvalue weighted by Crippen LogP contribution is 2.19. The van der Waals surface area contributed by atoms with E-state index >= 15 is 0 Å². The van der Waals surface area contributed by atoms with Crippen molar-refractivity contribution in [3.63, 3.8) is 0 Å². The summed E-state index contributed by atoms with van der Waals surface area (Å²) in [5.74, 6) is -0.408. The van der Waals surface area contributed by atoms with Gasteiger partial charge in [-0.25, -0.2) is 4.79 Å². The molecule has 1 aromatic carbocycles. The number of halogens is 1. The number of hydrogen-bond donors (Lipinski definition) is 2. The van der Waals surface area contributed by atoms with Crippen LogP contribution in [0.2, 0.25) is 0 Å². The maximum absolute atomic E-state index is 12.1. The molecule has 20 heavy (non-hydrogen) atoms. The Kier molecular flexibility index (Phi) is 5.98. The molecule has 0 radical (unpaired) electrons. The molecule has 1 unspecified atom stereocenters. The van der Waals surface area contributed by atoms with Crippen LogP contribution in [-0.4, -0.2) is 32.1 Å². The summed E-state index contributed by atoms with van der Waals surface area (Å²) in [6.45, 7) is 3.48. The van der Waals surface area contributed by atoms with Crippen LogP contribution >= 0.6 is 12.4 Å². The highest BCUT2D eigenvalue weighted by atomic mass is 35.5. The Hall–Kier alpha value is -1.59. The van der Waals surface area contributed by atoms with Crippen LogP contribution in [-0.2, 0) is 9.53 Å². The molecule has 5 nitrogen and oxygen atoms in total. The molecule has 0 aromatic heterocycles. The van der Waals surface area contributed by atoms with Gasteiger partial charge in [-0.1, -0.05) is 6.07 Å². The van der Waals surface area contributed by atoms with E-state index in [0.29, 0.717) is 17.8 Å². The van der Waals surface area contributed by atoms with E-state index in [1.54, 1.807) is 18.2 Å². The van der Waals surface area contributed by atoms with E-state index in [-0.39, 0.29) is 24.2 Å². The number of carbonyl (C=O) groups is 2. The van der Waals surface area contributed by atoms with Gasteiger partial charge in [-0.2, -0.15) is 0 Å². The predicted molar refractivity (Wildman–Crippen MR) is 79.4 cm³/mol. The molecule has 2 rings (SSSR count). The van der Waals surface area contributed by atoms with Crippen molar-refractivity contribution in [3.8, 4) is 0 Å². The zero-order valence-corrected chi connectivity index (χ0v) is 12.4. The number of esters is 1. The molecule has 1 aromatic rings. The van der Waals surface area contributed by atoms with Gasteiger partial charge in [0, 0.05) is 12.2 Å². The SMILES string of the molecule is COC(=O)c1ccc(C)c(NC(=O)C2CCNC2)c1.Cl. The van der Waals surface area contributed by atoms with Crippen molar-refractivity contribution in [2.75, 3.05) is 25.5 Å². The van der Waals surface area contributed by atoms with E-state index < -0.39 is 5.97 Å². The van der Waals surface area contributed by atoms with Crippen LogP contribution in [0.15, 0.2) is 18.2 Å². The molecule has 1 aliphatic rings. The van der Waals surface area contributed by atoms with Gasteiger partial charge in [0.05, 0.1) is 18.6 Å². The van der Waals surface area contributed by atoms with Crippen molar-refractivity contribution in [2.45, 2.75) is 13.3 Å². The number of methoxy groups -OCH3 is 1. The highest BCUT2D eigenvalue weighted by Gasteiger charge is 2.23. The zero-order chi connectivity index (χ0) is 13.8. The zero-order valence-electron chi connectivity index (χ0n) is 11.6. The molecule has 2 N–H and O–H groups in total. The summed E-state index contributed by atoms with van der Waals surface area (Å²) < 4.78 is 4.67. The number of carbonyl (C=O) groups excluding carboxylic acids is 2. The minimum atomic E-state index is -0.405. The van der Waals surface area contributed by atoms with Crippen LogP contribution in [0.3, 0.4) is 0 Å². The lowest BCUT2D eigenvalue weighted by molar-refractivity contribution is -0.119. The number of ether oxygens (including phenoxy) is 1. The third kappa shape index (κ3) is 3.71. The van der Waals surface area contributed by atoms with E-state index in [0.717, 1.165) is 18.5 Å².